The van der Waals surface area contributed by atoms with Gasteiger partial charge in [0.15, 0.2) is 0 Å². The second-order valence-corrected chi connectivity index (χ2v) is 5.53. The van der Waals surface area contributed by atoms with Crippen molar-refractivity contribution >= 4 is 5.91 Å². The predicted octanol–water partition coefficient (Wildman–Crippen LogP) is 1.49. The van der Waals surface area contributed by atoms with Crippen LogP contribution in [0.4, 0.5) is 0 Å². The summed E-state index contributed by atoms with van der Waals surface area (Å²) in [5.74, 6) is 0.796. The van der Waals surface area contributed by atoms with E-state index in [1.54, 1.807) is 17.9 Å². The molecule has 1 unspecified atom stereocenters. The second-order valence-electron chi connectivity index (χ2n) is 5.53. The molecule has 124 valence electrons. The quantitative estimate of drug-likeness (QED) is 0.760. The van der Waals surface area contributed by atoms with Gasteiger partial charge in [0.2, 0.25) is 5.91 Å². The summed E-state index contributed by atoms with van der Waals surface area (Å²) in [5, 5.41) is 9.98. The molecule has 1 amide bonds. The first kappa shape index (κ1) is 17.0. The Balaban J connectivity index is 1.84. The monoisotopic (exact) mass is 316 g/mol. The molecule has 0 aliphatic rings. The molecule has 2 rings (SSSR count). The van der Waals surface area contributed by atoms with Gasteiger partial charge < -0.3 is 15.4 Å². The van der Waals surface area contributed by atoms with Crippen molar-refractivity contribution in [1.82, 2.24) is 20.4 Å². The van der Waals surface area contributed by atoms with Gasteiger partial charge in [-0.3, -0.25) is 9.48 Å². The highest BCUT2D eigenvalue weighted by atomic mass is 16.5. The average Bonchev–Trinajstić information content (AvgIpc) is 2.93. The number of ether oxygens (including phenoxy) is 1. The molecular weight excluding hydrogens is 292 g/mol. The number of carbonyl (C=O) groups is 1. The van der Waals surface area contributed by atoms with E-state index in [0.717, 1.165) is 22.4 Å². The maximum absolute atomic E-state index is 12.3. The lowest BCUT2D eigenvalue weighted by Crippen LogP contribution is -2.37. The van der Waals surface area contributed by atoms with Gasteiger partial charge in [-0.1, -0.05) is 18.2 Å². The van der Waals surface area contributed by atoms with Crippen LogP contribution in [0.25, 0.3) is 0 Å². The highest BCUT2D eigenvalue weighted by Gasteiger charge is 2.19. The summed E-state index contributed by atoms with van der Waals surface area (Å²) in [5.41, 5.74) is 3.03. The maximum Gasteiger partial charge on any atom is 0.241 e. The number of carbonyl (C=O) groups excluding carboxylic acids is 1. The molecule has 0 bridgehead atoms. The summed E-state index contributed by atoms with van der Waals surface area (Å²) in [6, 6.07) is 5.62. The number of aryl methyl sites for hydroxylation is 3. The molecule has 0 saturated heterocycles. The van der Waals surface area contributed by atoms with E-state index in [-0.39, 0.29) is 5.91 Å². The van der Waals surface area contributed by atoms with Crippen LogP contribution >= 0.6 is 0 Å². The second kappa shape index (κ2) is 7.78. The molecule has 0 aliphatic carbocycles. The predicted molar refractivity (Wildman–Crippen MR) is 89.4 cm³/mol. The molecule has 1 heterocycles. The van der Waals surface area contributed by atoms with Crippen LogP contribution in [-0.4, -0.2) is 35.9 Å². The van der Waals surface area contributed by atoms with Crippen LogP contribution in [-0.2, 0) is 11.8 Å². The van der Waals surface area contributed by atoms with Gasteiger partial charge in [-0.2, -0.15) is 5.10 Å². The van der Waals surface area contributed by atoms with Crippen molar-refractivity contribution < 1.29 is 9.53 Å². The Bertz CT molecular complexity index is 646. The molecule has 2 aromatic rings. The van der Waals surface area contributed by atoms with E-state index < -0.39 is 6.04 Å². The zero-order chi connectivity index (χ0) is 16.8. The van der Waals surface area contributed by atoms with Crippen molar-refractivity contribution in [2.24, 2.45) is 7.05 Å². The summed E-state index contributed by atoms with van der Waals surface area (Å²) in [6.07, 6.45) is 3.52. The molecular formula is C17H24N4O2. The van der Waals surface area contributed by atoms with Crippen molar-refractivity contribution in [2.45, 2.75) is 19.9 Å². The molecule has 0 saturated carbocycles. The molecule has 6 nitrogen and oxygen atoms in total. The Morgan fingerprint density at radius 1 is 1.35 bits per heavy atom. The molecule has 1 atom stereocenters. The minimum Gasteiger partial charge on any atom is -0.491 e. The summed E-state index contributed by atoms with van der Waals surface area (Å²) in [4.78, 5) is 12.3. The summed E-state index contributed by atoms with van der Waals surface area (Å²) >= 11 is 0. The van der Waals surface area contributed by atoms with Crippen LogP contribution < -0.4 is 15.4 Å². The number of nitrogens with one attached hydrogen (secondary N) is 2. The van der Waals surface area contributed by atoms with Crippen molar-refractivity contribution in [3.05, 3.63) is 47.3 Å². The minimum atomic E-state index is -0.413. The third-order valence-electron chi connectivity index (χ3n) is 3.67. The van der Waals surface area contributed by atoms with E-state index >= 15 is 0 Å². The van der Waals surface area contributed by atoms with E-state index in [9.17, 15) is 4.79 Å². The highest BCUT2D eigenvalue weighted by Crippen LogP contribution is 2.21. The molecule has 23 heavy (non-hydrogen) atoms. The number of benzene rings is 1. The van der Waals surface area contributed by atoms with Gasteiger partial charge in [-0.25, -0.2) is 0 Å². The minimum absolute atomic E-state index is 0.0920. The first-order valence-electron chi connectivity index (χ1n) is 7.65. The summed E-state index contributed by atoms with van der Waals surface area (Å²) in [6.45, 7) is 4.91. The first-order chi connectivity index (χ1) is 11.0. The lowest BCUT2D eigenvalue weighted by atomic mass is 10.1. The Labute approximate surface area is 136 Å². The van der Waals surface area contributed by atoms with Gasteiger partial charge in [-0.15, -0.1) is 0 Å². The van der Waals surface area contributed by atoms with Crippen LogP contribution in [0, 0.1) is 13.8 Å². The number of likely N-dealkylation sites (N-methyl/N-ethyl adjacent to an activating group) is 1. The number of rotatable bonds is 7. The highest BCUT2D eigenvalue weighted by molar-refractivity contribution is 5.82. The van der Waals surface area contributed by atoms with E-state index in [0.29, 0.717) is 13.2 Å². The smallest absolute Gasteiger partial charge is 0.241 e. The van der Waals surface area contributed by atoms with Crippen LogP contribution in [0.15, 0.2) is 30.6 Å². The topological polar surface area (TPSA) is 68.2 Å². The van der Waals surface area contributed by atoms with Gasteiger partial charge in [0.1, 0.15) is 18.4 Å². The fraction of sp³-hybridized carbons (Fsp3) is 0.412. The third-order valence-corrected chi connectivity index (χ3v) is 3.67. The molecule has 6 heteroatoms. The van der Waals surface area contributed by atoms with Crippen molar-refractivity contribution in [3.63, 3.8) is 0 Å². The van der Waals surface area contributed by atoms with Crippen LogP contribution in [0.5, 0.6) is 5.75 Å². The Morgan fingerprint density at radius 2 is 2.04 bits per heavy atom. The van der Waals surface area contributed by atoms with Crippen LogP contribution in [0.3, 0.4) is 0 Å². The van der Waals surface area contributed by atoms with Gasteiger partial charge in [0, 0.05) is 18.8 Å². The average molecular weight is 316 g/mol. The van der Waals surface area contributed by atoms with Crippen molar-refractivity contribution in [2.75, 3.05) is 20.2 Å². The van der Waals surface area contributed by atoms with Crippen molar-refractivity contribution in [1.29, 1.82) is 0 Å². The molecule has 0 spiro atoms. The zero-order valence-corrected chi connectivity index (χ0v) is 14.1. The normalized spacial score (nSPS) is 12.0. The Morgan fingerprint density at radius 3 is 2.61 bits per heavy atom. The Hall–Kier alpha value is -2.34. The van der Waals surface area contributed by atoms with Gasteiger partial charge >= 0.3 is 0 Å². The van der Waals surface area contributed by atoms with E-state index in [1.807, 2.05) is 45.3 Å². The van der Waals surface area contributed by atoms with E-state index in [1.165, 1.54) is 0 Å². The number of amides is 1. The third kappa shape index (κ3) is 4.32. The SMILES string of the molecule is CNC(C(=O)NCCOc1c(C)cccc1C)c1cnn(C)c1. The molecule has 2 N–H and O–H groups in total. The van der Waals surface area contributed by atoms with Crippen LogP contribution in [0.2, 0.25) is 0 Å². The number of aromatic nitrogens is 2. The molecule has 1 aromatic heterocycles. The molecule has 1 aromatic carbocycles. The fourth-order valence-electron chi connectivity index (χ4n) is 2.49. The number of hydrogen-bond acceptors (Lipinski definition) is 4. The summed E-state index contributed by atoms with van der Waals surface area (Å²) < 4.78 is 7.47. The standard InChI is InChI=1S/C17H24N4O2/c1-12-6-5-7-13(2)16(12)23-9-8-19-17(22)15(18-3)14-10-20-21(4)11-14/h5-7,10-11,15,18H,8-9H2,1-4H3,(H,19,22). The largest absolute Gasteiger partial charge is 0.491 e. The lowest BCUT2D eigenvalue weighted by Gasteiger charge is -2.16. The fourth-order valence-corrected chi connectivity index (χ4v) is 2.49. The maximum atomic E-state index is 12.3. The van der Waals surface area contributed by atoms with Crippen LogP contribution in [0.1, 0.15) is 22.7 Å². The molecule has 0 aliphatic heterocycles. The summed E-state index contributed by atoms with van der Waals surface area (Å²) in [7, 11) is 3.58. The lowest BCUT2D eigenvalue weighted by molar-refractivity contribution is -0.123. The molecule has 0 fully saturated rings. The van der Waals surface area contributed by atoms with Crippen molar-refractivity contribution in [3.8, 4) is 5.75 Å². The van der Waals surface area contributed by atoms with Gasteiger partial charge in [0.05, 0.1) is 12.7 Å². The Kier molecular flexibility index (Phi) is 5.76. The number of nitrogens with zero attached hydrogens (tertiary/aromatic N) is 2. The zero-order valence-electron chi connectivity index (χ0n) is 14.1. The number of para-hydroxylation sites is 1. The van der Waals surface area contributed by atoms with E-state index in [2.05, 4.69) is 15.7 Å². The van der Waals surface area contributed by atoms with Gasteiger partial charge in [0.25, 0.3) is 0 Å². The molecule has 0 radical (unpaired) electrons. The first-order valence-corrected chi connectivity index (χ1v) is 7.65. The number of hydrogen-bond donors (Lipinski definition) is 2. The van der Waals surface area contributed by atoms with Gasteiger partial charge in [-0.05, 0) is 32.0 Å². The van der Waals surface area contributed by atoms with E-state index in [4.69, 9.17) is 4.74 Å².